The fourth-order valence-corrected chi connectivity index (χ4v) is 3.69. The van der Waals surface area contributed by atoms with E-state index in [1.807, 2.05) is 0 Å². The average Bonchev–Trinajstić information content (AvgIpc) is 2.94. The largest absolute Gasteiger partial charge is 0.248 e. The highest BCUT2D eigenvalue weighted by Crippen LogP contribution is 2.40. The number of fused-ring (bicyclic) bond motifs is 7. The molecule has 0 N–H and O–H groups in total. The van der Waals surface area contributed by atoms with Crippen LogP contribution in [0.25, 0.3) is 28.0 Å². The zero-order chi connectivity index (χ0) is 14.7. The van der Waals surface area contributed by atoms with Gasteiger partial charge in [-0.3, -0.25) is 0 Å². The first-order valence-electron chi connectivity index (χ1n) is 7.72. The molecule has 1 nitrogen and oxygen atoms in total. The fourth-order valence-electron chi connectivity index (χ4n) is 3.69. The summed E-state index contributed by atoms with van der Waals surface area (Å²) in [5.41, 5.74) is 6.52. The molecule has 0 bridgehead atoms. The van der Waals surface area contributed by atoms with Crippen LogP contribution in [0.4, 0.5) is 5.69 Å². The lowest BCUT2D eigenvalue weighted by molar-refractivity contribution is 1.19. The van der Waals surface area contributed by atoms with Crippen LogP contribution >= 0.6 is 0 Å². The molecule has 0 radical (unpaired) electrons. The quantitative estimate of drug-likeness (QED) is 0.461. The van der Waals surface area contributed by atoms with E-state index in [-0.39, 0.29) is 0 Å². The molecule has 0 atom stereocenters. The van der Waals surface area contributed by atoms with Crippen LogP contribution in [0.2, 0.25) is 0 Å². The van der Waals surface area contributed by atoms with Crippen molar-refractivity contribution in [2.24, 2.45) is 4.99 Å². The van der Waals surface area contributed by atoms with Gasteiger partial charge in [0.25, 0.3) is 0 Å². The van der Waals surface area contributed by atoms with Crippen molar-refractivity contribution >= 4 is 22.5 Å². The first kappa shape index (κ1) is 11.9. The Bertz CT molecular complexity index is 1100. The molecule has 0 spiro atoms. The maximum atomic E-state index is 4.86. The van der Waals surface area contributed by atoms with Crippen molar-refractivity contribution in [3.8, 4) is 11.1 Å². The lowest BCUT2D eigenvalue weighted by Gasteiger charge is -2.13. The van der Waals surface area contributed by atoms with E-state index < -0.39 is 0 Å². The van der Waals surface area contributed by atoms with Gasteiger partial charge in [-0.05, 0) is 47.0 Å². The molecule has 22 heavy (non-hydrogen) atoms. The van der Waals surface area contributed by atoms with Gasteiger partial charge in [-0.1, -0.05) is 54.1 Å². The Labute approximate surface area is 128 Å². The SMILES string of the molecule is CC1=CCc2c3c(ccc2=C1)=Nc1ccc2ccccc2c1-3. The first-order chi connectivity index (χ1) is 10.8. The molecule has 104 valence electrons. The highest BCUT2D eigenvalue weighted by Gasteiger charge is 2.21. The maximum Gasteiger partial charge on any atom is 0.0722 e. The third-order valence-corrected chi connectivity index (χ3v) is 4.74. The van der Waals surface area contributed by atoms with Crippen LogP contribution in [0.1, 0.15) is 12.5 Å². The molecule has 3 aromatic carbocycles. The number of hydrogen-bond acceptors (Lipinski definition) is 1. The minimum absolute atomic E-state index is 0.999. The predicted molar refractivity (Wildman–Crippen MR) is 91.8 cm³/mol. The topological polar surface area (TPSA) is 12.4 Å². The molecule has 5 rings (SSSR count). The van der Waals surface area contributed by atoms with Crippen LogP contribution in [0.15, 0.2) is 65.2 Å². The molecule has 2 aliphatic rings. The summed E-state index contributed by atoms with van der Waals surface area (Å²) in [5, 5.41) is 5.05. The molecule has 0 amide bonds. The summed E-state index contributed by atoms with van der Waals surface area (Å²) in [5.74, 6) is 0. The summed E-state index contributed by atoms with van der Waals surface area (Å²) >= 11 is 0. The molecule has 1 heterocycles. The van der Waals surface area contributed by atoms with Crippen molar-refractivity contribution in [2.45, 2.75) is 13.3 Å². The van der Waals surface area contributed by atoms with E-state index in [0.717, 1.165) is 17.5 Å². The van der Waals surface area contributed by atoms with Crippen molar-refractivity contribution in [2.75, 3.05) is 0 Å². The second kappa shape index (κ2) is 4.17. The lowest BCUT2D eigenvalue weighted by atomic mass is 9.89. The maximum absolute atomic E-state index is 4.86. The second-order valence-corrected chi connectivity index (χ2v) is 6.12. The van der Waals surface area contributed by atoms with Gasteiger partial charge >= 0.3 is 0 Å². The molecular weight excluding hydrogens is 266 g/mol. The molecule has 1 aliphatic carbocycles. The van der Waals surface area contributed by atoms with Gasteiger partial charge in [-0.25, -0.2) is 4.99 Å². The van der Waals surface area contributed by atoms with Gasteiger partial charge in [-0.2, -0.15) is 0 Å². The zero-order valence-electron chi connectivity index (χ0n) is 12.4. The Hall–Kier alpha value is -2.67. The molecule has 1 heteroatoms. The van der Waals surface area contributed by atoms with Gasteiger partial charge < -0.3 is 0 Å². The zero-order valence-corrected chi connectivity index (χ0v) is 12.4. The van der Waals surface area contributed by atoms with Crippen molar-refractivity contribution < 1.29 is 0 Å². The van der Waals surface area contributed by atoms with E-state index in [4.69, 9.17) is 4.99 Å². The smallest absolute Gasteiger partial charge is 0.0722 e. The summed E-state index contributed by atoms with van der Waals surface area (Å²) in [7, 11) is 0. The summed E-state index contributed by atoms with van der Waals surface area (Å²) < 4.78 is 0. The van der Waals surface area contributed by atoms with Gasteiger partial charge in [-0.15, -0.1) is 0 Å². The minimum atomic E-state index is 0.999. The van der Waals surface area contributed by atoms with Crippen molar-refractivity contribution in [3.63, 3.8) is 0 Å². The second-order valence-electron chi connectivity index (χ2n) is 6.12. The van der Waals surface area contributed by atoms with Crippen LogP contribution in [-0.4, -0.2) is 0 Å². The van der Waals surface area contributed by atoms with Crippen LogP contribution in [0.5, 0.6) is 0 Å². The Morgan fingerprint density at radius 2 is 1.82 bits per heavy atom. The number of nitrogens with zero attached hydrogens (tertiary/aromatic N) is 1. The molecule has 0 fully saturated rings. The minimum Gasteiger partial charge on any atom is -0.248 e. The first-order valence-corrected chi connectivity index (χ1v) is 7.72. The van der Waals surface area contributed by atoms with Gasteiger partial charge in [0.1, 0.15) is 0 Å². The van der Waals surface area contributed by atoms with Crippen LogP contribution in [-0.2, 0) is 6.42 Å². The van der Waals surface area contributed by atoms with E-state index in [0.29, 0.717) is 0 Å². The summed E-state index contributed by atoms with van der Waals surface area (Å²) in [6.07, 6.45) is 5.59. The number of benzene rings is 3. The fraction of sp³-hybridized carbons (Fsp3) is 0.0952. The Balaban J connectivity index is 1.95. The van der Waals surface area contributed by atoms with E-state index in [1.54, 1.807) is 0 Å². The van der Waals surface area contributed by atoms with Gasteiger partial charge in [0.15, 0.2) is 0 Å². The number of hydrogen-bond donors (Lipinski definition) is 0. The molecule has 0 saturated heterocycles. The molecule has 0 aromatic heterocycles. The van der Waals surface area contributed by atoms with Crippen LogP contribution in [0.3, 0.4) is 0 Å². The molecule has 3 aromatic rings. The standard InChI is InChI=1S/C21H15N/c1-13-6-9-17-15(12-13)8-11-19-21(17)20-16-5-3-2-4-14(16)7-10-18(20)22-19/h2-8,10-12H,9H2,1H3. The number of rotatable bonds is 0. The third kappa shape index (κ3) is 1.51. The summed E-state index contributed by atoms with van der Waals surface area (Å²) in [4.78, 5) is 4.86. The highest BCUT2D eigenvalue weighted by molar-refractivity contribution is 6.04. The van der Waals surface area contributed by atoms with Gasteiger partial charge in [0.2, 0.25) is 0 Å². The molecule has 0 unspecified atom stereocenters. The van der Waals surface area contributed by atoms with Crippen molar-refractivity contribution in [1.82, 2.24) is 0 Å². The van der Waals surface area contributed by atoms with E-state index in [1.165, 1.54) is 38.3 Å². The highest BCUT2D eigenvalue weighted by atomic mass is 14.8. The molecular formula is C21H15N. The van der Waals surface area contributed by atoms with Crippen LogP contribution in [0, 0.1) is 0 Å². The Kier molecular flexibility index (Phi) is 2.26. The van der Waals surface area contributed by atoms with Crippen molar-refractivity contribution in [1.29, 1.82) is 0 Å². The normalized spacial score (nSPS) is 14.5. The van der Waals surface area contributed by atoms with E-state index >= 15 is 0 Å². The summed E-state index contributed by atoms with van der Waals surface area (Å²) in [6, 6.07) is 17.3. The Morgan fingerprint density at radius 3 is 2.77 bits per heavy atom. The number of allylic oxidation sites excluding steroid dienone is 2. The van der Waals surface area contributed by atoms with Crippen LogP contribution < -0.4 is 10.6 Å². The molecule has 0 saturated carbocycles. The Morgan fingerprint density at radius 1 is 0.909 bits per heavy atom. The average molecular weight is 281 g/mol. The van der Waals surface area contributed by atoms with Gasteiger partial charge in [0, 0.05) is 11.1 Å². The van der Waals surface area contributed by atoms with E-state index in [2.05, 4.69) is 67.6 Å². The lowest BCUT2D eigenvalue weighted by Crippen LogP contribution is -2.19. The van der Waals surface area contributed by atoms with Crippen molar-refractivity contribution in [3.05, 3.63) is 76.3 Å². The molecule has 1 aliphatic heterocycles. The monoisotopic (exact) mass is 281 g/mol. The van der Waals surface area contributed by atoms with Gasteiger partial charge in [0.05, 0.1) is 11.0 Å². The third-order valence-electron chi connectivity index (χ3n) is 4.74. The summed E-state index contributed by atoms with van der Waals surface area (Å²) in [6.45, 7) is 2.17. The van der Waals surface area contributed by atoms with E-state index in [9.17, 15) is 0 Å². The predicted octanol–water partition coefficient (Wildman–Crippen LogP) is 4.05.